The molecule has 4 rings (SSSR count). The number of amides is 1. The standard InChI is InChI=1S/C28H30N2O3/c1-19(21-13-7-4-8-14-21)30-28(31)26-18-23-22(16-17-25(32-2)27(23)33-26)24(29)15-9-12-20-10-5-3-6-11-20/h3-8,10-11,13-14,16-19,24H,9,12,15,29H2,1-2H3,(H,30,31). The van der Waals surface area contributed by atoms with E-state index in [0.29, 0.717) is 11.3 Å². The first-order valence-corrected chi connectivity index (χ1v) is 11.3. The summed E-state index contributed by atoms with van der Waals surface area (Å²) in [6.07, 6.45) is 2.77. The zero-order valence-electron chi connectivity index (χ0n) is 19.1. The first-order valence-electron chi connectivity index (χ1n) is 11.3. The summed E-state index contributed by atoms with van der Waals surface area (Å²) in [5.74, 6) is 0.559. The van der Waals surface area contributed by atoms with Crippen molar-refractivity contribution in [2.75, 3.05) is 7.11 Å². The van der Waals surface area contributed by atoms with Crippen LogP contribution < -0.4 is 15.8 Å². The minimum absolute atomic E-state index is 0.145. The van der Waals surface area contributed by atoms with E-state index < -0.39 is 0 Å². The molecule has 3 aromatic carbocycles. The molecule has 0 aliphatic heterocycles. The number of benzene rings is 3. The molecule has 5 nitrogen and oxygen atoms in total. The number of rotatable bonds is 9. The molecule has 33 heavy (non-hydrogen) atoms. The Morgan fingerprint density at radius 1 is 1.03 bits per heavy atom. The lowest BCUT2D eigenvalue weighted by Gasteiger charge is -2.14. The smallest absolute Gasteiger partial charge is 0.287 e. The molecule has 3 N–H and O–H groups in total. The maximum atomic E-state index is 12.9. The summed E-state index contributed by atoms with van der Waals surface area (Å²) in [5.41, 5.74) is 10.4. The molecule has 1 heterocycles. The minimum Gasteiger partial charge on any atom is -0.493 e. The van der Waals surface area contributed by atoms with Gasteiger partial charge in [-0.15, -0.1) is 0 Å². The Kier molecular flexibility index (Phi) is 7.10. The largest absolute Gasteiger partial charge is 0.493 e. The lowest BCUT2D eigenvalue weighted by molar-refractivity contribution is 0.0914. The van der Waals surface area contributed by atoms with Crippen LogP contribution in [0.3, 0.4) is 0 Å². The van der Waals surface area contributed by atoms with E-state index >= 15 is 0 Å². The van der Waals surface area contributed by atoms with E-state index in [9.17, 15) is 4.79 Å². The molecule has 5 heteroatoms. The normalized spacial score (nSPS) is 12.9. The summed E-state index contributed by atoms with van der Waals surface area (Å²) in [6, 6.07) is 25.5. The van der Waals surface area contributed by atoms with Crippen LogP contribution in [0.25, 0.3) is 11.0 Å². The van der Waals surface area contributed by atoms with E-state index in [1.165, 1.54) is 5.56 Å². The van der Waals surface area contributed by atoms with Crippen LogP contribution in [-0.4, -0.2) is 13.0 Å². The molecule has 0 saturated carbocycles. The van der Waals surface area contributed by atoms with Gasteiger partial charge in [-0.25, -0.2) is 0 Å². The number of nitrogens with one attached hydrogen (secondary N) is 1. The van der Waals surface area contributed by atoms with Gasteiger partial charge in [0.1, 0.15) is 0 Å². The number of nitrogens with two attached hydrogens (primary N) is 1. The Morgan fingerprint density at radius 3 is 2.42 bits per heavy atom. The van der Waals surface area contributed by atoms with Gasteiger partial charge in [-0.05, 0) is 55.0 Å². The molecule has 0 bridgehead atoms. The van der Waals surface area contributed by atoms with Gasteiger partial charge in [0, 0.05) is 11.4 Å². The summed E-state index contributed by atoms with van der Waals surface area (Å²) in [4.78, 5) is 12.9. The molecule has 170 valence electrons. The number of hydrogen-bond acceptors (Lipinski definition) is 4. The maximum absolute atomic E-state index is 12.9. The molecule has 2 atom stereocenters. The van der Waals surface area contributed by atoms with Gasteiger partial charge in [0.25, 0.3) is 5.91 Å². The predicted molar refractivity (Wildman–Crippen MR) is 131 cm³/mol. The number of methoxy groups -OCH3 is 1. The lowest BCUT2D eigenvalue weighted by Crippen LogP contribution is -2.26. The van der Waals surface area contributed by atoms with Crippen molar-refractivity contribution in [3.8, 4) is 5.75 Å². The average molecular weight is 443 g/mol. The van der Waals surface area contributed by atoms with Crippen LogP contribution in [0.1, 0.15) is 59.1 Å². The predicted octanol–water partition coefficient (Wildman–Crippen LogP) is 5.96. The molecule has 0 aliphatic rings. The first kappa shape index (κ1) is 22.6. The van der Waals surface area contributed by atoms with E-state index in [0.717, 1.165) is 35.8 Å². The third-order valence-corrected chi connectivity index (χ3v) is 5.99. The van der Waals surface area contributed by atoms with Crippen molar-refractivity contribution in [3.63, 3.8) is 0 Å². The van der Waals surface area contributed by atoms with Crippen LogP contribution in [0, 0.1) is 0 Å². The summed E-state index contributed by atoms with van der Waals surface area (Å²) in [7, 11) is 1.59. The zero-order chi connectivity index (χ0) is 23.2. The fraction of sp³-hybridized carbons (Fsp3) is 0.250. The maximum Gasteiger partial charge on any atom is 0.287 e. The summed E-state index contributed by atoms with van der Waals surface area (Å²) in [6.45, 7) is 1.95. The second-order valence-corrected chi connectivity index (χ2v) is 8.30. The molecule has 0 radical (unpaired) electrons. The molecular weight excluding hydrogens is 412 g/mol. The van der Waals surface area contributed by atoms with Gasteiger partial charge in [0.05, 0.1) is 13.2 Å². The number of carbonyl (C=O) groups is 1. The van der Waals surface area contributed by atoms with Crippen molar-refractivity contribution < 1.29 is 13.9 Å². The highest BCUT2D eigenvalue weighted by Crippen LogP contribution is 2.35. The summed E-state index contributed by atoms with van der Waals surface area (Å²) >= 11 is 0. The molecule has 1 aromatic heterocycles. The van der Waals surface area contributed by atoms with Gasteiger partial charge in [-0.1, -0.05) is 66.7 Å². The summed E-state index contributed by atoms with van der Waals surface area (Å²) in [5, 5.41) is 3.83. The van der Waals surface area contributed by atoms with Crippen molar-refractivity contribution in [3.05, 3.63) is 101 Å². The Bertz CT molecular complexity index is 1200. The quantitative estimate of drug-likeness (QED) is 0.335. The van der Waals surface area contributed by atoms with E-state index in [4.69, 9.17) is 14.9 Å². The van der Waals surface area contributed by atoms with Crippen molar-refractivity contribution in [2.45, 2.75) is 38.3 Å². The molecular formula is C28H30N2O3. The number of ether oxygens (including phenoxy) is 1. The average Bonchev–Trinajstić information content (AvgIpc) is 3.30. The van der Waals surface area contributed by atoms with E-state index in [1.807, 2.05) is 55.5 Å². The van der Waals surface area contributed by atoms with E-state index in [2.05, 4.69) is 29.6 Å². The van der Waals surface area contributed by atoms with Gasteiger partial charge in [0.2, 0.25) is 0 Å². The van der Waals surface area contributed by atoms with Gasteiger partial charge < -0.3 is 20.2 Å². The second-order valence-electron chi connectivity index (χ2n) is 8.30. The van der Waals surface area contributed by atoms with Gasteiger partial charge in [-0.2, -0.15) is 0 Å². The fourth-order valence-electron chi connectivity index (χ4n) is 4.13. The SMILES string of the molecule is COc1ccc(C(N)CCCc2ccccc2)c2cc(C(=O)NC(C)c3ccccc3)oc12. The van der Waals surface area contributed by atoms with Crippen molar-refractivity contribution in [2.24, 2.45) is 5.73 Å². The number of fused-ring (bicyclic) bond motifs is 1. The number of furan rings is 1. The highest BCUT2D eigenvalue weighted by Gasteiger charge is 2.21. The van der Waals surface area contributed by atoms with Crippen LogP contribution in [0.5, 0.6) is 5.75 Å². The third-order valence-electron chi connectivity index (χ3n) is 5.99. The van der Waals surface area contributed by atoms with Crippen molar-refractivity contribution in [1.82, 2.24) is 5.32 Å². The monoisotopic (exact) mass is 442 g/mol. The molecule has 0 fully saturated rings. The first-order chi connectivity index (χ1) is 16.1. The number of hydrogen-bond donors (Lipinski definition) is 2. The molecule has 2 unspecified atom stereocenters. The number of carbonyl (C=O) groups excluding carboxylic acids is 1. The Balaban J connectivity index is 1.52. The van der Waals surface area contributed by atoms with Crippen LogP contribution in [-0.2, 0) is 6.42 Å². The topological polar surface area (TPSA) is 77.5 Å². The van der Waals surface area contributed by atoms with Gasteiger partial charge >= 0.3 is 0 Å². The van der Waals surface area contributed by atoms with Crippen LogP contribution in [0.4, 0.5) is 0 Å². The Labute approximate surface area is 194 Å². The van der Waals surface area contributed by atoms with Crippen molar-refractivity contribution in [1.29, 1.82) is 0 Å². The fourth-order valence-corrected chi connectivity index (χ4v) is 4.13. The highest BCUT2D eigenvalue weighted by atomic mass is 16.5. The second kappa shape index (κ2) is 10.4. The third kappa shape index (κ3) is 5.26. The van der Waals surface area contributed by atoms with Crippen molar-refractivity contribution >= 4 is 16.9 Å². The number of aryl methyl sites for hydroxylation is 1. The van der Waals surface area contributed by atoms with E-state index in [1.54, 1.807) is 13.2 Å². The van der Waals surface area contributed by atoms with Gasteiger partial charge in [0.15, 0.2) is 17.1 Å². The minimum atomic E-state index is -0.270. The van der Waals surface area contributed by atoms with Crippen LogP contribution in [0.15, 0.2) is 83.3 Å². The highest BCUT2D eigenvalue weighted by molar-refractivity contribution is 5.98. The molecule has 1 amide bonds. The summed E-state index contributed by atoms with van der Waals surface area (Å²) < 4.78 is 11.4. The molecule has 4 aromatic rings. The zero-order valence-corrected chi connectivity index (χ0v) is 19.1. The van der Waals surface area contributed by atoms with Gasteiger partial charge in [-0.3, -0.25) is 4.79 Å². The van der Waals surface area contributed by atoms with Crippen LogP contribution >= 0.6 is 0 Å². The Morgan fingerprint density at radius 2 is 1.73 bits per heavy atom. The molecule has 0 aliphatic carbocycles. The van der Waals surface area contributed by atoms with Crippen LogP contribution in [0.2, 0.25) is 0 Å². The Hall–Kier alpha value is -3.57. The van der Waals surface area contributed by atoms with E-state index in [-0.39, 0.29) is 23.8 Å². The molecule has 0 spiro atoms. The lowest BCUT2D eigenvalue weighted by atomic mass is 9.97. The molecule has 0 saturated heterocycles.